The van der Waals surface area contributed by atoms with Gasteiger partial charge in [-0.3, -0.25) is 4.79 Å². The Morgan fingerprint density at radius 3 is 2.48 bits per heavy atom. The van der Waals surface area contributed by atoms with Crippen LogP contribution in [0, 0.1) is 18.8 Å². The zero-order chi connectivity index (χ0) is 24.2. The largest absolute Gasteiger partial charge is 0.493 e. The SMILES string of the molecule is Cc1cc(C(=O)Nc2cc(-c3ccc(OC[C@H](C)CC(C)C)c(C(F)(F)F)c3)ccn2)no1. The number of hydrogen-bond donors (Lipinski definition) is 1. The van der Waals surface area contributed by atoms with Gasteiger partial charge in [-0.2, -0.15) is 13.2 Å². The first kappa shape index (κ1) is 24.3. The lowest BCUT2D eigenvalue weighted by atomic mass is 9.99. The maximum atomic E-state index is 13.8. The lowest BCUT2D eigenvalue weighted by molar-refractivity contribution is -0.139. The van der Waals surface area contributed by atoms with Crippen molar-refractivity contribution in [1.29, 1.82) is 0 Å². The van der Waals surface area contributed by atoms with E-state index in [1.165, 1.54) is 24.4 Å². The highest BCUT2D eigenvalue weighted by atomic mass is 19.4. The Balaban J connectivity index is 1.82. The fourth-order valence-electron chi connectivity index (χ4n) is 3.49. The molecule has 3 rings (SSSR count). The maximum Gasteiger partial charge on any atom is 0.419 e. The van der Waals surface area contributed by atoms with E-state index in [0.717, 1.165) is 12.5 Å². The Bertz CT molecular complexity index is 1110. The molecule has 2 heterocycles. The Hall–Kier alpha value is -3.36. The van der Waals surface area contributed by atoms with E-state index in [1.807, 2.05) is 6.92 Å². The maximum absolute atomic E-state index is 13.8. The van der Waals surface area contributed by atoms with Gasteiger partial charge >= 0.3 is 6.18 Å². The molecule has 0 saturated carbocycles. The molecule has 0 unspecified atom stereocenters. The van der Waals surface area contributed by atoms with E-state index in [4.69, 9.17) is 9.26 Å². The number of carbonyl (C=O) groups excluding carboxylic acids is 1. The van der Waals surface area contributed by atoms with Gasteiger partial charge in [-0.15, -0.1) is 0 Å². The van der Waals surface area contributed by atoms with Crippen LogP contribution in [0.15, 0.2) is 47.1 Å². The van der Waals surface area contributed by atoms with Crippen molar-refractivity contribution in [2.75, 3.05) is 11.9 Å². The summed E-state index contributed by atoms with van der Waals surface area (Å²) in [5, 5.41) is 6.20. The van der Waals surface area contributed by atoms with Crippen LogP contribution in [-0.2, 0) is 6.18 Å². The Morgan fingerprint density at radius 2 is 1.85 bits per heavy atom. The summed E-state index contributed by atoms with van der Waals surface area (Å²) < 4.78 is 51.7. The molecular weight excluding hydrogens is 435 g/mol. The number of rotatable bonds is 8. The van der Waals surface area contributed by atoms with Gasteiger partial charge in [0.15, 0.2) is 5.69 Å². The van der Waals surface area contributed by atoms with E-state index in [-0.39, 0.29) is 29.8 Å². The molecule has 176 valence electrons. The number of benzene rings is 1. The number of anilines is 1. The number of amides is 1. The van der Waals surface area contributed by atoms with E-state index < -0.39 is 17.6 Å². The van der Waals surface area contributed by atoms with Crippen LogP contribution in [0.1, 0.15) is 49.0 Å². The van der Waals surface area contributed by atoms with Crippen molar-refractivity contribution in [3.8, 4) is 16.9 Å². The van der Waals surface area contributed by atoms with Gasteiger partial charge in [0, 0.05) is 12.3 Å². The number of aromatic nitrogens is 2. The summed E-state index contributed by atoms with van der Waals surface area (Å²) in [4.78, 5) is 16.3. The molecular formula is C24H26F3N3O3. The molecule has 6 nitrogen and oxygen atoms in total. The lowest BCUT2D eigenvalue weighted by Gasteiger charge is -2.19. The van der Waals surface area contributed by atoms with Crippen molar-refractivity contribution in [3.05, 3.63) is 59.6 Å². The normalized spacial score (nSPS) is 12.6. The van der Waals surface area contributed by atoms with Gasteiger partial charge in [0.1, 0.15) is 17.3 Å². The van der Waals surface area contributed by atoms with Crippen LogP contribution in [0.5, 0.6) is 5.75 Å². The molecule has 33 heavy (non-hydrogen) atoms. The van der Waals surface area contributed by atoms with Gasteiger partial charge in [-0.25, -0.2) is 4.98 Å². The third-order valence-electron chi connectivity index (χ3n) is 4.88. The predicted molar refractivity (Wildman–Crippen MR) is 118 cm³/mol. The van der Waals surface area contributed by atoms with Gasteiger partial charge < -0.3 is 14.6 Å². The average molecular weight is 461 g/mol. The highest BCUT2D eigenvalue weighted by Gasteiger charge is 2.35. The highest BCUT2D eigenvalue weighted by molar-refractivity contribution is 6.02. The van der Waals surface area contributed by atoms with E-state index >= 15 is 0 Å². The van der Waals surface area contributed by atoms with Gasteiger partial charge in [0.25, 0.3) is 5.91 Å². The number of nitrogens with one attached hydrogen (secondary N) is 1. The molecule has 0 aliphatic rings. The molecule has 0 aliphatic heterocycles. The highest BCUT2D eigenvalue weighted by Crippen LogP contribution is 2.39. The predicted octanol–water partition coefficient (Wildman–Crippen LogP) is 6.38. The van der Waals surface area contributed by atoms with Crippen molar-refractivity contribution in [3.63, 3.8) is 0 Å². The van der Waals surface area contributed by atoms with E-state index in [9.17, 15) is 18.0 Å². The van der Waals surface area contributed by atoms with Crippen molar-refractivity contribution < 1.29 is 27.2 Å². The number of nitrogens with zero attached hydrogens (tertiary/aromatic N) is 2. The molecule has 0 fully saturated rings. The summed E-state index contributed by atoms with van der Waals surface area (Å²) in [5.41, 5.74) is 0.00594. The number of halogens is 3. The second-order valence-electron chi connectivity index (χ2n) is 8.46. The van der Waals surface area contributed by atoms with Crippen LogP contribution in [-0.4, -0.2) is 22.7 Å². The van der Waals surface area contributed by atoms with E-state index in [0.29, 0.717) is 22.8 Å². The standard InChI is InChI=1S/C24H26F3N3O3/c1-14(2)9-15(3)13-32-21-6-5-17(11-19(21)24(25,26)27)18-7-8-28-22(12-18)29-23(31)20-10-16(4)33-30-20/h5-8,10-12,14-15H,9,13H2,1-4H3,(H,28,29,31)/t15-/m1/s1. The molecule has 3 aromatic rings. The fourth-order valence-corrected chi connectivity index (χ4v) is 3.49. The third-order valence-corrected chi connectivity index (χ3v) is 4.88. The van der Waals surface area contributed by atoms with Crippen LogP contribution >= 0.6 is 0 Å². The number of pyridine rings is 1. The van der Waals surface area contributed by atoms with Crippen LogP contribution in [0.2, 0.25) is 0 Å². The van der Waals surface area contributed by atoms with E-state index in [1.54, 1.807) is 19.1 Å². The summed E-state index contributed by atoms with van der Waals surface area (Å²) in [6.45, 7) is 7.93. The molecule has 0 radical (unpaired) electrons. The number of hydrogen-bond acceptors (Lipinski definition) is 5. The summed E-state index contributed by atoms with van der Waals surface area (Å²) in [6.07, 6.45) is -2.31. The van der Waals surface area contributed by atoms with Gasteiger partial charge in [0.05, 0.1) is 12.2 Å². The molecule has 0 bridgehead atoms. The van der Waals surface area contributed by atoms with Crippen molar-refractivity contribution in [1.82, 2.24) is 10.1 Å². The molecule has 0 saturated heterocycles. The molecule has 0 spiro atoms. The van der Waals surface area contributed by atoms with Gasteiger partial charge in [-0.05, 0) is 60.6 Å². The van der Waals surface area contributed by atoms with Crippen LogP contribution < -0.4 is 10.1 Å². The minimum absolute atomic E-state index is 0.0762. The molecule has 2 aromatic heterocycles. The average Bonchev–Trinajstić information content (AvgIpc) is 3.18. The summed E-state index contributed by atoms with van der Waals surface area (Å²) in [5.74, 6) is 0.475. The summed E-state index contributed by atoms with van der Waals surface area (Å²) in [7, 11) is 0. The molecule has 1 atom stereocenters. The Morgan fingerprint density at radius 1 is 1.12 bits per heavy atom. The van der Waals surface area contributed by atoms with Crippen molar-refractivity contribution in [2.24, 2.45) is 11.8 Å². The summed E-state index contributed by atoms with van der Waals surface area (Å²) >= 11 is 0. The minimum Gasteiger partial charge on any atom is -0.493 e. The van der Waals surface area contributed by atoms with Gasteiger partial charge in [0.2, 0.25) is 0 Å². The van der Waals surface area contributed by atoms with Crippen LogP contribution in [0.3, 0.4) is 0 Å². The first-order chi connectivity index (χ1) is 15.5. The molecule has 1 N–H and O–H groups in total. The van der Waals surface area contributed by atoms with Crippen LogP contribution in [0.25, 0.3) is 11.1 Å². The van der Waals surface area contributed by atoms with Crippen LogP contribution in [0.4, 0.5) is 19.0 Å². The quantitative estimate of drug-likeness (QED) is 0.421. The Labute approximate surface area is 190 Å². The van der Waals surface area contributed by atoms with Gasteiger partial charge in [-0.1, -0.05) is 32.0 Å². The summed E-state index contributed by atoms with van der Waals surface area (Å²) in [6, 6.07) is 8.46. The number of alkyl halides is 3. The number of aryl methyl sites for hydroxylation is 1. The smallest absolute Gasteiger partial charge is 0.419 e. The first-order valence-electron chi connectivity index (χ1n) is 10.6. The molecule has 9 heteroatoms. The first-order valence-corrected chi connectivity index (χ1v) is 10.6. The lowest BCUT2D eigenvalue weighted by Crippen LogP contribution is -2.14. The molecule has 1 aromatic carbocycles. The zero-order valence-electron chi connectivity index (χ0n) is 18.9. The third kappa shape index (κ3) is 6.57. The van der Waals surface area contributed by atoms with Crippen molar-refractivity contribution in [2.45, 2.75) is 40.3 Å². The van der Waals surface area contributed by atoms with E-state index in [2.05, 4.69) is 29.3 Å². The number of carbonyl (C=O) groups is 1. The molecule has 0 aliphatic carbocycles. The Kier molecular flexibility index (Phi) is 7.40. The zero-order valence-corrected chi connectivity index (χ0v) is 18.9. The second kappa shape index (κ2) is 10.1. The van der Waals surface area contributed by atoms with Crippen molar-refractivity contribution >= 4 is 11.7 Å². The second-order valence-corrected chi connectivity index (χ2v) is 8.46. The minimum atomic E-state index is -4.58. The topological polar surface area (TPSA) is 77.2 Å². The molecule has 1 amide bonds. The fraction of sp³-hybridized carbons (Fsp3) is 0.375. The monoisotopic (exact) mass is 461 g/mol. The number of ether oxygens (including phenoxy) is 1.